The Labute approximate surface area is 181 Å². The zero-order valence-electron chi connectivity index (χ0n) is 17.5. The summed E-state index contributed by atoms with van der Waals surface area (Å²) in [5.41, 5.74) is 2.74. The molecule has 6 heteroatoms. The van der Waals surface area contributed by atoms with Crippen molar-refractivity contribution in [3.05, 3.63) is 71.3 Å². The molecule has 5 nitrogen and oxygen atoms in total. The van der Waals surface area contributed by atoms with Gasteiger partial charge >= 0.3 is 0 Å². The summed E-state index contributed by atoms with van der Waals surface area (Å²) in [6.45, 7) is 10.3. The van der Waals surface area contributed by atoms with E-state index in [-0.39, 0.29) is 17.9 Å². The lowest BCUT2D eigenvalue weighted by Gasteiger charge is -2.40. The van der Waals surface area contributed by atoms with Crippen LogP contribution in [0, 0.1) is 0 Å². The Balaban J connectivity index is 1.47. The van der Waals surface area contributed by atoms with Crippen LogP contribution in [0.4, 0.5) is 0 Å². The van der Waals surface area contributed by atoms with Gasteiger partial charge in [-0.1, -0.05) is 42.5 Å². The van der Waals surface area contributed by atoms with Crippen molar-refractivity contribution in [3.8, 4) is 0 Å². The number of carbonyl (C=O) groups excluding carboxylic acids is 2. The Morgan fingerprint density at radius 2 is 1.93 bits per heavy atom. The molecule has 0 spiro atoms. The minimum absolute atomic E-state index is 0.00965. The smallest absolute Gasteiger partial charge is 0.270 e. The summed E-state index contributed by atoms with van der Waals surface area (Å²) < 4.78 is 2.07. The van der Waals surface area contributed by atoms with Crippen LogP contribution in [-0.2, 0) is 17.8 Å². The minimum atomic E-state index is -0.00965. The molecule has 0 radical (unpaired) electrons. The van der Waals surface area contributed by atoms with Crippen molar-refractivity contribution in [1.29, 1.82) is 0 Å². The molecule has 0 aliphatic carbocycles. The lowest BCUT2D eigenvalue weighted by molar-refractivity contribution is -0.134. The first-order valence-corrected chi connectivity index (χ1v) is 11.2. The molecule has 3 heterocycles. The van der Waals surface area contributed by atoms with E-state index in [0.717, 1.165) is 21.4 Å². The standard InChI is InChI=1S/C24H27N3O2S/c1-17(2)15-27-21(14-20-9-12-30-24(20)27)23(29)25-10-11-26(18(3)16-25)22(28)13-19-7-5-4-6-8-19/h4-9,12,14,18H,1,10-11,13,15-16H2,2-3H3. The SMILES string of the molecule is C=C(C)Cn1c(C(=O)N2CCN(C(=O)Cc3ccccc3)C(C)C2)cc2ccsc21. The molecule has 1 fully saturated rings. The van der Waals surface area contributed by atoms with Crippen LogP contribution in [0.3, 0.4) is 0 Å². The molecule has 4 rings (SSSR count). The fraction of sp³-hybridized carbons (Fsp3) is 0.333. The van der Waals surface area contributed by atoms with E-state index < -0.39 is 0 Å². The molecule has 1 saturated heterocycles. The highest BCUT2D eigenvalue weighted by Crippen LogP contribution is 2.27. The van der Waals surface area contributed by atoms with Crippen molar-refractivity contribution in [2.24, 2.45) is 0 Å². The van der Waals surface area contributed by atoms with Crippen LogP contribution in [0.5, 0.6) is 0 Å². The van der Waals surface area contributed by atoms with E-state index in [1.54, 1.807) is 11.3 Å². The number of rotatable bonds is 5. The predicted molar refractivity (Wildman–Crippen MR) is 122 cm³/mol. The van der Waals surface area contributed by atoms with Crippen molar-refractivity contribution in [2.75, 3.05) is 19.6 Å². The van der Waals surface area contributed by atoms with E-state index in [1.807, 2.05) is 65.4 Å². The third-order valence-electron chi connectivity index (χ3n) is 5.58. The van der Waals surface area contributed by atoms with Gasteiger partial charge in [0.2, 0.25) is 5.91 Å². The summed E-state index contributed by atoms with van der Waals surface area (Å²) in [6, 6.07) is 13.8. The van der Waals surface area contributed by atoms with Gasteiger partial charge in [0.25, 0.3) is 5.91 Å². The average Bonchev–Trinajstić information content (AvgIpc) is 3.30. The largest absolute Gasteiger partial charge is 0.336 e. The zero-order chi connectivity index (χ0) is 21.3. The molecule has 1 aromatic carbocycles. The molecule has 1 aliphatic heterocycles. The quantitative estimate of drug-likeness (QED) is 0.580. The molecule has 1 atom stereocenters. The summed E-state index contributed by atoms with van der Waals surface area (Å²) in [4.78, 5) is 31.0. The van der Waals surface area contributed by atoms with Gasteiger partial charge in [0.1, 0.15) is 10.5 Å². The highest BCUT2D eigenvalue weighted by Gasteiger charge is 2.31. The first-order chi connectivity index (χ1) is 14.4. The van der Waals surface area contributed by atoms with Crippen LogP contribution in [0.2, 0.25) is 0 Å². The lowest BCUT2D eigenvalue weighted by atomic mass is 10.1. The molecule has 0 bridgehead atoms. The van der Waals surface area contributed by atoms with Gasteiger partial charge in [0.15, 0.2) is 0 Å². The summed E-state index contributed by atoms with van der Waals surface area (Å²) in [5.74, 6) is 0.147. The Hall–Kier alpha value is -2.86. The first kappa shape index (κ1) is 20.4. The highest BCUT2D eigenvalue weighted by molar-refractivity contribution is 7.16. The van der Waals surface area contributed by atoms with E-state index >= 15 is 0 Å². The van der Waals surface area contributed by atoms with Crippen LogP contribution in [0.1, 0.15) is 29.9 Å². The summed E-state index contributed by atoms with van der Waals surface area (Å²) in [7, 11) is 0. The third kappa shape index (κ3) is 4.05. The zero-order valence-corrected chi connectivity index (χ0v) is 18.3. The summed E-state index contributed by atoms with van der Waals surface area (Å²) >= 11 is 1.64. The fourth-order valence-electron chi connectivity index (χ4n) is 4.13. The molecule has 0 N–H and O–H groups in total. The van der Waals surface area contributed by atoms with Gasteiger partial charge in [0.05, 0.1) is 6.42 Å². The van der Waals surface area contributed by atoms with Crippen LogP contribution in [-0.4, -0.2) is 51.9 Å². The Morgan fingerprint density at radius 3 is 2.63 bits per heavy atom. The van der Waals surface area contributed by atoms with Crippen molar-refractivity contribution in [2.45, 2.75) is 32.9 Å². The number of piperazine rings is 1. The number of nitrogens with zero attached hydrogens (tertiary/aromatic N) is 3. The Kier molecular flexibility index (Phi) is 5.77. The fourth-order valence-corrected chi connectivity index (χ4v) is 5.02. The van der Waals surface area contributed by atoms with Gasteiger partial charge in [0, 0.05) is 37.6 Å². The number of fused-ring (bicyclic) bond motifs is 1. The average molecular weight is 422 g/mol. The predicted octanol–water partition coefficient (Wildman–Crippen LogP) is 4.19. The van der Waals surface area contributed by atoms with Crippen LogP contribution >= 0.6 is 11.3 Å². The topological polar surface area (TPSA) is 45.6 Å². The Bertz CT molecular complexity index is 1080. The van der Waals surface area contributed by atoms with Gasteiger partial charge in [-0.15, -0.1) is 11.3 Å². The number of hydrogen-bond donors (Lipinski definition) is 0. The molecule has 156 valence electrons. The number of hydrogen-bond acceptors (Lipinski definition) is 3. The number of aromatic nitrogens is 1. The molecule has 1 unspecified atom stereocenters. The highest BCUT2D eigenvalue weighted by atomic mass is 32.1. The summed E-state index contributed by atoms with van der Waals surface area (Å²) in [5, 5.41) is 3.14. The maximum absolute atomic E-state index is 13.4. The maximum atomic E-state index is 13.4. The van der Waals surface area contributed by atoms with Crippen molar-refractivity contribution in [3.63, 3.8) is 0 Å². The summed E-state index contributed by atoms with van der Waals surface area (Å²) in [6.07, 6.45) is 0.400. The Morgan fingerprint density at radius 1 is 1.17 bits per heavy atom. The molecule has 2 aromatic heterocycles. The molecule has 30 heavy (non-hydrogen) atoms. The van der Waals surface area contributed by atoms with Gasteiger partial charge in [-0.05, 0) is 36.9 Å². The first-order valence-electron chi connectivity index (χ1n) is 10.3. The number of amides is 2. The second kappa shape index (κ2) is 8.48. The molecule has 1 aliphatic rings. The molecule has 3 aromatic rings. The molecule has 2 amide bonds. The number of carbonyl (C=O) groups is 2. The van der Waals surface area contributed by atoms with Gasteiger partial charge in [-0.2, -0.15) is 0 Å². The van der Waals surface area contributed by atoms with Crippen LogP contribution in [0.25, 0.3) is 10.2 Å². The maximum Gasteiger partial charge on any atom is 0.270 e. The minimum Gasteiger partial charge on any atom is -0.336 e. The van der Waals surface area contributed by atoms with Gasteiger partial charge in [-0.3, -0.25) is 9.59 Å². The van der Waals surface area contributed by atoms with E-state index in [1.165, 1.54) is 0 Å². The number of benzene rings is 1. The van der Waals surface area contributed by atoms with Crippen LogP contribution < -0.4 is 0 Å². The second-order valence-corrected chi connectivity index (χ2v) is 9.00. The van der Waals surface area contributed by atoms with E-state index in [4.69, 9.17) is 0 Å². The van der Waals surface area contributed by atoms with Crippen molar-refractivity contribution in [1.82, 2.24) is 14.4 Å². The van der Waals surface area contributed by atoms with Crippen molar-refractivity contribution >= 4 is 33.4 Å². The number of allylic oxidation sites excluding steroid dienone is 1. The van der Waals surface area contributed by atoms with E-state index in [0.29, 0.717) is 38.3 Å². The lowest BCUT2D eigenvalue weighted by Crippen LogP contribution is -2.56. The van der Waals surface area contributed by atoms with Crippen LogP contribution in [0.15, 0.2) is 60.0 Å². The van der Waals surface area contributed by atoms with E-state index in [9.17, 15) is 9.59 Å². The number of thiophene rings is 1. The molecular weight excluding hydrogens is 394 g/mol. The second-order valence-electron chi connectivity index (χ2n) is 8.10. The third-order valence-corrected chi connectivity index (χ3v) is 6.53. The van der Waals surface area contributed by atoms with Crippen molar-refractivity contribution < 1.29 is 9.59 Å². The monoisotopic (exact) mass is 421 g/mol. The van der Waals surface area contributed by atoms with Gasteiger partial charge < -0.3 is 14.4 Å². The molecular formula is C24H27N3O2S. The normalized spacial score (nSPS) is 16.8. The van der Waals surface area contributed by atoms with Gasteiger partial charge in [-0.25, -0.2) is 0 Å². The van der Waals surface area contributed by atoms with E-state index in [2.05, 4.69) is 17.2 Å². The molecule has 0 saturated carbocycles.